The zero-order chi connectivity index (χ0) is 13.0. The van der Waals surface area contributed by atoms with E-state index in [0.717, 1.165) is 38.0 Å². The first-order valence-corrected chi connectivity index (χ1v) is 6.20. The van der Waals surface area contributed by atoms with Gasteiger partial charge in [0.25, 0.3) is 0 Å². The lowest BCUT2D eigenvalue weighted by molar-refractivity contribution is 0.0593. The molecular weight excluding hydrogens is 230 g/mol. The number of nitrogens with zero attached hydrogens (tertiary/aromatic N) is 2. The molecule has 0 aromatic carbocycles. The van der Waals surface area contributed by atoms with Crippen molar-refractivity contribution in [2.24, 2.45) is 5.73 Å². The molecular formula is C13H19N3O2. The molecule has 5 heteroatoms. The van der Waals surface area contributed by atoms with Crippen LogP contribution in [0.3, 0.4) is 0 Å². The lowest BCUT2D eigenvalue weighted by Crippen LogP contribution is -2.42. The van der Waals surface area contributed by atoms with Crippen LogP contribution < -0.4 is 5.73 Å². The number of carbonyl (C=O) groups is 1. The molecule has 5 nitrogen and oxygen atoms in total. The standard InChI is InChI=1S/C13H19N3O2/c1-18-13(17)12-7-10(4-5-15-12)8-16-6-2-3-11(14)9-16/h4-5,7,11H,2-3,6,8-9,14H2,1H3/t11-/m1/s1. The number of rotatable bonds is 3. The highest BCUT2D eigenvalue weighted by Crippen LogP contribution is 2.13. The van der Waals surface area contributed by atoms with Gasteiger partial charge >= 0.3 is 5.97 Å². The van der Waals surface area contributed by atoms with Crippen LogP contribution in [0.2, 0.25) is 0 Å². The van der Waals surface area contributed by atoms with Gasteiger partial charge < -0.3 is 10.5 Å². The summed E-state index contributed by atoms with van der Waals surface area (Å²) >= 11 is 0. The van der Waals surface area contributed by atoms with Gasteiger partial charge in [-0.15, -0.1) is 0 Å². The van der Waals surface area contributed by atoms with E-state index in [4.69, 9.17) is 5.73 Å². The summed E-state index contributed by atoms with van der Waals surface area (Å²) in [6.07, 6.45) is 3.88. The van der Waals surface area contributed by atoms with E-state index >= 15 is 0 Å². The second-order valence-corrected chi connectivity index (χ2v) is 4.68. The molecule has 1 saturated heterocycles. The van der Waals surface area contributed by atoms with Crippen molar-refractivity contribution in [3.8, 4) is 0 Å². The van der Waals surface area contributed by atoms with Crippen molar-refractivity contribution < 1.29 is 9.53 Å². The SMILES string of the molecule is COC(=O)c1cc(CN2CCC[C@@H](N)C2)ccn1. The first-order chi connectivity index (χ1) is 8.69. The molecule has 1 fully saturated rings. The van der Waals surface area contributed by atoms with Crippen molar-refractivity contribution in [3.63, 3.8) is 0 Å². The molecule has 2 heterocycles. The molecule has 0 bridgehead atoms. The molecule has 1 aliphatic heterocycles. The summed E-state index contributed by atoms with van der Waals surface area (Å²) < 4.78 is 4.66. The third-order valence-electron chi connectivity index (χ3n) is 3.17. The summed E-state index contributed by atoms with van der Waals surface area (Å²) in [6, 6.07) is 3.97. The number of hydrogen-bond acceptors (Lipinski definition) is 5. The Hall–Kier alpha value is -1.46. The Labute approximate surface area is 107 Å². The molecule has 0 radical (unpaired) electrons. The first-order valence-electron chi connectivity index (χ1n) is 6.20. The van der Waals surface area contributed by atoms with Gasteiger partial charge in [0.15, 0.2) is 0 Å². The van der Waals surface area contributed by atoms with Gasteiger partial charge in [-0.25, -0.2) is 9.78 Å². The summed E-state index contributed by atoms with van der Waals surface area (Å²) in [5.41, 5.74) is 7.38. The van der Waals surface area contributed by atoms with E-state index in [1.807, 2.05) is 6.07 Å². The Morgan fingerprint density at radius 2 is 2.50 bits per heavy atom. The van der Waals surface area contributed by atoms with Gasteiger partial charge in [-0.2, -0.15) is 0 Å². The van der Waals surface area contributed by atoms with Crippen molar-refractivity contribution >= 4 is 5.97 Å². The monoisotopic (exact) mass is 249 g/mol. The molecule has 0 amide bonds. The highest BCUT2D eigenvalue weighted by Gasteiger charge is 2.17. The molecule has 1 aromatic heterocycles. The van der Waals surface area contributed by atoms with Gasteiger partial charge in [-0.3, -0.25) is 4.90 Å². The highest BCUT2D eigenvalue weighted by molar-refractivity contribution is 5.87. The number of piperidine rings is 1. The molecule has 0 aliphatic carbocycles. The second kappa shape index (κ2) is 5.93. The molecule has 1 aliphatic rings. The number of aromatic nitrogens is 1. The van der Waals surface area contributed by atoms with Gasteiger partial charge in [0.05, 0.1) is 7.11 Å². The molecule has 98 valence electrons. The van der Waals surface area contributed by atoms with E-state index in [2.05, 4.69) is 14.6 Å². The average Bonchev–Trinajstić information content (AvgIpc) is 2.38. The molecule has 1 aromatic rings. The van der Waals surface area contributed by atoms with Crippen LogP contribution in [0.1, 0.15) is 28.9 Å². The summed E-state index contributed by atoms with van der Waals surface area (Å²) in [5.74, 6) is -0.396. The average molecular weight is 249 g/mol. The maximum absolute atomic E-state index is 11.4. The summed E-state index contributed by atoms with van der Waals surface area (Å²) in [7, 11) is 1.36. The van der Waals surface area contributed by atoms with Crippen LogP contribution >= 0.6 is 0 Å². The minimum absolute atomic E-state index is 0.265. The predicted molar refractivity (Wildman–Crippen MR) is 68.1 cm³/mol. The maximum atomic E-state index is 11.4. The van der Waals surface area contributed by atoms with Crippen molar-refractivity contribution in [2.75, 3.05) is 20.2 Å². The van der Waals surface area contributed by atoms with Gasteiger partial charge in [0.2, 0.25) is 0 Å². The smallest absolute Gasteiger partial charge is 0.356 e. The molecule has 0 saturated carbocycles. The third kappa shape index (κ3) is 3.27. The number of carbonyl (C=O) groups excluding carboxylic acids is 1. The fraction of sp³-hybridized carbons (Fsp3) is 0.538. The number of nitrogens with two attached hydrogens (primary N) is 1. The Morgan fingerprint density at radius 3 is 3.22 bits per heavy atom. The topological polar surface area (TPSA) is 68.5 Å². The molecule has 0 unspecified atom stereocenters. The minimum atomic E-state index is -0.396. The van der Waals surface area contributed by atoms with Gasteiger partial charge in [0.1, 0.15) is 5.69 Å². The lowest BCUT2D eigenvalue weighted by atomic mass is 10.1. The molecule has 1 atom stereocenters. The van der Waals surface area contributed by atoms with Crippen LogP contribution in [0.15, 0.2) is 18.3 Å². The Balaban J connectivity index is 2.02. The maximum Gasteiger partial charge on any atom is 0.356 e. The Morgan fingerprint density at radius 1 is 1.67 bits per heavy atom. The Kier molecular flexibility index (Phi) is 4.28. The van der Waals surface area contributed by atoms with E-state index in [1.54, 1.807) is 12.3 Å². The molecule has 0 spiro atoms. The normalized spacial score (nSPS) is 20.7. The fourth-order valence-corrected chi connectivity index (χ4v) is 2.28. The van der Waals surface area contributed by atoms with E-state index in [0.29, 0.717) is 5.69 Å². The number of ether oxygens (including phenoxy) is 1. The summed E-state index contributed by atoms with van der Waals surface area (Å²) in [6.45, 7) is 2.78. The Bertz CT molecular complexity index is 422. The molecule has 2 rings (SSSR count). The highest BCUT2D eigenvalue weighted by atomic mass is 16.5. The quantitative estimate of drug-likeness (QED) is 0.802. The van der Waals surface area contributed by atoms with E-state index in [9.17, 15) is 4.79 Å². The second-order valence-electron chi connectivity index (χ2n) is 4.68. The number of methoxy groups -OCH3 is 1. The van der Waals surface area contributed by atoms with Crippen LogP contribution in [0.4, 0.5) is 0 Å². The van der Waals surface area contributed by atoms with E-state index in [-0.39, 0.29) is 6.04 Å². The van der Waals surface area contributed by atoms with Crippen LogP contribution in [-0.4, -0.2) is 42.1 Å². The summed E-state index contributed by atoms with van der Waals surface area (Å²) in [5, 5.41) is 0. The van der Waals surface area contributed by atoms with E-state index in [1.165, 1.54) is 7.11 Å². The number of pyridine rings is 1. The third-order valence-corrected chi connectivity index (χ3v) is 3.17. The number of likely N-dealkylation sites (tertiary alicyclic amines) is 1. The largest absolute Gasteiger partial charge is 0.464 e. The van der Waals surface area contributed by atoms with Crippen molar-refractivity contribution in [1.82, 2.24) is 9.88 Å². The fourth-order valence-electron chi connectivity index (χ4n) is 2.28. The van der Waals surface area contributed by atoms with Crippen LogP contribution in [0.5, 0.6) is 0 Å². The lowest BCUT2D eigenvalue weighted by Gasteiger charge is -2.30. The van der Waals surface area contributed by atoms with Gasteiger partial charge in [-0.1, -0.05) is 0 Å². The van der Waals surface area contributed by atoms with Crippen LogP contribution in [0, 0.1) is 0 Å². The van der Waals surface area contributed by atoms with Crippen molar-refractivity contribution in [1.29, 1.82) is 0 Å². The minimum Gasteiger partial charge on any atom is -0.464 e. The zero-order valence-electron chi connectivity index (χ0n) is 10.6. The van der Waals surface area contributed by atoms with Gasteiger partial charge in [-0.05, 0) is 37.1 Å². The van der Waals surface area contributed by atoms with Crippen LogP contribution in [0.25, 0.3) is 0 Å². The molecule has 18 heavy (non-hydrogen) atoms. The van der Waals surface area contributed by atoms with E-state index < -0.39 is 5.97 Å². The first kappa shape index (κ1) is 13.0. The van der Waals surface area contributed by atoms with Gasteiger partial charge in [0, 0.05) is 25.3 Å². The van der Waals surface area contributed by atoms with Crippen molar-refractivity contribution in [3.05, 3.63) is 29.6 Å². The zero-order valence-corrected chi connectivity index (χ0v) is 10.6. The van der Waals surface area contributed by atoms with Crippen LogP contribution in [-0.2, 0) is 11.3 Å². The van der Waals surface area contributed by atoms with Crippen molar-refractivity contribution in [2.45, 2.75) is 25.4 Å². The predicted octanol–water partition coefficient (Wildman–Crippen LogP) is 0.791. The summed E-state index contributed by atoms with van der Waals surface area (Å²) in [4.78, 5) is 17.7. The molecule has 2 N–H and O–H groups in total. The number of hydrogen-bond donors (Lipinski definition) is 1. The number of esters is 1.